The van der Waals surface area contributed by atoms with Gasteiger partial charge in [-0.05, 0) is 66.6 Å². The Balaban J connectivity index is 1.94. The third-order valence-electron chi connectivity index (χ3n) is 4.31. The Kier molecular flexibility index (Phi) is 4.37. The van der Waals surface area contributed by atoms with Crippen LogP contribution < -0.4 is 0 Å². The molecule has 114 valence electrons. The van der Waals surface area contributed by atoms with E-state index in [1.165, 1.54) is 36.1 Å². The van der Waals surface area contributed by atoms with Crippen molar-refractivity contribution in [1.82, 2.24) is 0 Å². The highest BCUT2D eigenvalue weighted by atomic mass is 19.1. The Morgan fingerprint density at radius 3 is 2.50 bits per heavy atom. The van der Waals surface area contributed by atoms with Crippen molar-refractivity contribution in [3.05, 3.63) is 64.7 Å². The van der Waals surface area contributed by atoms with Crippen LogP contribution in [-0.4, -0.2) is 0 Å². The first kappa shape index (κ1) is 15.0. The van der Waals surface area contributed by atoms with E-state index in [-0.39, 0.29) is 11.6 Å². The van der Waals surface area contributed by atoms with Crippen molar-refractivity contribution in [2.24, 2.45) is 0 Å². The molecule has 0 saturated carbocycles. The van der Waals surface area contributed by atoms with Gasteiger partial charge in [0.25, 0.3) is 0 Å². The molecule has 2 aromatic rings. The maximum absolute atomic E-state index is 14.4. The van der Waals surface area contributed by atoms with Crippen LogP contribution in [0.4, 0.5) is 8.78 Å². The van der Waals surface area contributed by atoms with Gasteiger partial charge in [0.1, 0.15) is 11.6 Å². The van der Waals surface area contributed by atoms with Crippen LogP contribution in [0.25, 0.3) is 17.2 Å². The quantitative estimate of drug-likeness (QED) is 0.635. The smallest absolute Gasteiger partial charge is 0.131 e. The molecule has 1 aliphatic rings. The number of halogens is 2. The molecule has 0 nitrogen and oxygen atoms in total. The second-order valence-corrected chi connectivity index (χ2v) is 5.94. The molecule has 0 unspecified atom stereocenters. The molecule has 0 aliphatic heterocycles. The van der Waals surface area contributed by atoms with E-state index in [2.05, 4.69) is 13.0 Å². The first-order valence-electron chi connectivity index (χ1n) is 7.95. The molecule has 0 heterocycles. The molecular formula is C20H20F2. The Bertz CT molecular complexity index is 696. The van der Waals surface area contributed by atoms with Gasteiger partial charge in [-0.15, -0.1) is 0 Å². The maximum atomic E-state index is 14.4. The fourth-order valence-corrected chi connectivity index (χ4v) is 3.02. The van der Waals surface area contributed by atoms with Crippen LogP contribution in [0.5, 0.6) is 0 Å². The Hall–Kier alpha value is -1.96. The molecule has 0 radical (unpaired) electrons. The fraction of sp³-hybridized carbons (Fsp3) is 0.300. The minimum Gasteiger partial charge on any atom is -0.207 e. The lowest BCUT2D eigenvalue weighted by Gasteiger charge is -2.18. The number of unbranched alkanes of at least 4 members (excludes halogenated alkanes) is 1. The molecular weight excluding hydrogens is 278 g/mol. The van der Waals surface area contributed by atoms with Crippen molar-refractivity contribution in [1.29, 1.82) is 0 Å². The van der Waals surface area contributed by atoms with E-state index in [0.717, 1.165) is 30.4 Å². The van der Waals surface area contributed by atoms with Crippen LogP contribution >= 0.6 is 0 Å². The first-order valence-corrected chi connectivity index (χ1v) is 7.95. The summed E-state index contributed by atoms with van der Waals surface area (Å²) in [6.07, 6.45) is 7.64. The zero-order valence-corrected chi connectivity index (χ0v) is 12.8. The molecule has 3 rings (SSSR count). The van der Waals surface area contributed by atoms with Gasteiger partial charge < -0.3 is 0 Å². The molecule has 0 atom stereocenters. The zero-order chi connectivity index (χ0) is 15.5. The van der Waals surface area contributed by atoms with Crippen molar-refractivity contribution < 1.29 is 8.78 Å². The Labute approximate surface area is 130 Å². The van der Waals surface area contributed by atoms with Gasteiger partial charge in [-0.2, -0.15) is 0 Å². The van der Waals surface area contributed by atoms with E-state index in [1.54, 1.807) is 18.2 Å². The molecule has 22 heavy (non-hydrogen) atoms. The van der Waals surface area contributed by atoms with E-state index >= 15 is 0 Å². The Morgan fingerprint density at radius 1 is 1.00 bits per heavy atom. The normalized spacial score (nSPS) is 13.7. The summed E-state index contributed by atoms with van der Waals surface area (Å²) in [5, 5.41) is 0. The molecule has 1 aliphatic carbocycles. The average Bonchev–Trinajstić information content (AvgIpc) is 2.53. The fourth-order valence-electron chi connectivity index (χ4n) is 3.02. The molecule has 0 aromatic heterocycles. The van der Waals surface area contributed by atoms with Gasteiger partial charge in [-0.3, -0.25) is 0 Å². The minimum atomic E-state index is -0.300. The van der Waals surface area contributed by atoms with E-state index in [4.69, 9.17) is 0 Å². The van der Waals surface area contributed by atoms with Crippen molar-refractivity contribution in [3.63, 3.8) is 0 Å². The van der Waals surface area contributed by atoms with Crippen molar-refractivity contribution in [3.8, 4) is 11.1 Å². The topological polar surface area (TPSA) is 0 Å². The van der Waals surface area contributed by atoms with Gasteiger partial charge in [0, 0.05) is 5.56 Å². The van der Waals surface area contributed by atoms with Gasteiger partial charge in [-0.1, -0.05) is 37.1 Å². The Morgan fingerprint density at radius 2 is 1.77 bits per heavy atom. The molecule has 0 saturated heterocycles. The molecule has 0 bridgehead atoms. The number of hydrogen-bond donors (Lipinski definition) is 0. The van der Waals surface area contributed by atoms with Gasteiger partial charge in [0.05, 0.1) is 0 Å². The zero-order valence-electron chi connectivity index (χ0n) is 12.8. The second-order valence-electron chi connectivity index (χ2n) is 5.94. The van der Waals surface area contributed by atoms with Gasteiger partial charge in [-0.25, -0.2) is 8.78 Å². The summed E-state index contributed by atoms with van der Waals surface area (Å²) >= 11 is 0. The van der Waals surface area contributed by atoms with Crippen LogP contribution in [0.2, 0.25) is 0 Å². The number of hydrogen-bond acceptors (Lipinski definition) is 0. The SMILES string of the molecule is CCCCC1=Cc2cc(F)c(-c3ccc(F)cc3)cc2CC1. The summed E-state index contributed by atoms with van der Waals surface area (Å²) < 4.78 is 27.4. The third kappa shape index (κ3) is 3.11. The summed E-state index contributed by atoms with van der Waals surface area (Å²) in [7, 11) is 0. The number of fused-ring (bicyclic) bond motifs is 1. The summed E-state index contributed by atoms with van der Waals surface area (Å²) in [5.41, 5.74) is 4.89. The van der Waals surface area contributed by atoms with Crippen molar-refractivity contribution >= 4 is 6.08 Å². The minimum absolute atomic E-state index is 0.238. The van der Waals surface area contributed by atoms with E-state index in [0.29, 0.717) is 5.56 Å². The van der Waals surface area contributed by atoms with Crippen LogP contribution in [0.1, 0.15) is 43.7 Å². The molecule has 0 N–H and O–H groups in total. The van der Waals surface area contributed by atoms with Crippen LogP contribution in [0, 0.1) is 11.6 Å². The van der Waals surface area contributed by atoms with Crippen LogP contribution in [-0.2, 0) is 6.42 Å². The van der Waals surface area contributed by atoms with E-state index in [1.807, 2.05) is 6.07 Å². The molecule has 0 amide bonds. The van der Waals surface area contributed by atoms with Gasteiger partial charge >= 0.3 is 0 Å². The monoisotopic (exact) mass is 298 g/mol. The van der Waals surface area contributed by atoms with Crippen molar-refractivity contribution in [2.75, 3.05) is 0 Å². The summed E-state index contributed by atoms with van der Waals surface area (Å²) in [6.45, 7) is 2.19. The number of benzene rings is 2. The average molecular weight is 298 g/mol. The maximum Gasteiger partial charge on any atom is 0.131 e. The molecule has 2 aromatic carbocycles. The summed E-state index contributed by atoms with van der Waals surface area (Å²) in [4.78, 5) is 0. The van der Waals surface area contributed by atoms with Gasteiger partial charge in [0.15, 0.2) is 0 Å². The van der Waals surface area contributed by atoms with Crippen LogP contribution in [0.3, 0.4) is 0 Å². The lowest BCUT2D eigenvalue weighted by Crippen LogP contribution is -2.01. The van der Waals surface area contributed by atoms with Gasteiger partial charge in [0.2, 0.25) is 0 Å². The standard InChI is InChI=1S/C20H20F2/c1-2-3-4-14-5-6-16-12-19(20(22)13-17(16)11-14)15-7-9-18(21)10-8-15/h7-13H,2-6H2,1H3. The highest BCUT2D eigenvalue weighted by Gasteiger charge is 2.15. The first-order chi connectivity index (χ1) is 10.7. The third-order valence-corrected chi connectivity index (χ3v) is 4.31. The highest BCUT2D eigenvalue weighted by molar-refractivity contribution is 5.70. The molecule has 2 heteroatoms. The van der Waals surface area contributed by atoms with E-state index < -0.39 is 0 Å². The summed E-state index contributed by atoms with van der Waals surface area (Å²) in [6, 6.07) is 9.55. The highest BCUT2D eigenvalue weighted by Crippen LogP contribution is 2.32. The predicted molar refractivity (Wildman–Crippen MR) is 87.6 cm³/mol. The lowest BCUT2D eigenvalue weighted by molar-refractivity contribution is 0.625. The number of rotatable bonds is 4. The number of allylic oxidation sites excluding steroid dienone is 1. The molecule has 0 spiro atoms. The second kappa shape index (κ2) is 6.43. The molecule has 0 fully saturated rings. The lowest BCUT2D eigenvalue weighted by atomic mass is 9.87. The van der Waals surface area contributed by atoms with Crippen molar-refractivity contribution in [2.45, 2.75) is 39.0 Å². The predicted octanol–water partition coefficient (Wildman–Crippen LogP) is 6.15. The van der Waals surface area contributed by atoms with Crippen LogP contribution in [0.15, 0.2) is 42.0 Å². The number of aryl methyl sites for hydroxylation is 1. The summed E-state index contributed by atoms with van der Waals surface area (Å²) in [5.74, 6) is -0.538. The van der Waals surface area contributed by atoms with E-state index in [9.17, 15) is 8.78 Å². The largest absolute Gasteiger partial charge is 0.207 e.